The van der Waals surface area contributed by atoms with E-state index >= 15 is 0 Å². The summed E-state index contributed by atoms with van der Waals surface area (Å²) in [6, 6.07) is 10.6. The van der Waals surface area contributed by atoms with E-state index in [0.29, 0.717) is 5.56 Å². The molecule has 26 heavy (non-hydrogen) atoms. The Labute approximate surface area is 150 Å². The van der Waals surface area contributed by atoms with Crippen molar-refractivity contribution in [2.75, 3.05) is 11.1 Å². The molecule has 0 saturated heterocycles. The summed E-state index contributed by atoms with van der Waals surface area (Å²) in [6.07, 6.45) is 5.08. The summed E-state index contributed by atoms with van der Waals surface area (Å²) in [4.78, 5) is 16.4. The van der Waals surface area contributed by atoms with E-state index < -0.39 is 15.7 Å². The first-order chi connectivity index (χ1) is 12.4. The van der Waals surface area contributed by atoms with Gasteiger partial charge in [-0.2, -0.15) is 0 Å². The number of aromatic hydroxyl groups is 1. The van der Waals surface area contributed by atoms with Gasteiger partial charge in [0.05, 0.1) is 22.7 Å². The van der Waals surface area contributed by atoms with Crippen LogP contribution in [0.25, 0.3) is 5.69 Å². The average Bonchev–Trinajstić information content (AvgIpc) is 3.18. The van der Waals surface area contributed by atoms with Gasteiger partial charge in [0.25, 0.3) is 5.91 Å². The second kappa shape index (κ2) is 7.01. The maximum Gasteiger partial charge on any atom is 0.255 e. The number of hydrogen-bond donors (Lipinski definition) is 2. The normalized spacial score (nSPS) is 11.3. The lowest BCUT2D eigenvalue weighted by molar-refractivity contribution is 0.102. The zero-order valence-electron chi connectivity index (χ0n) is 14.0. The number of carbonyl (C=O) groups excluding carboxylic acids is 1. The van der Waals surface area contributed by atoms with Crippen LogP contribution >= 0.6 is 0 Å². The standard InChI is InChI=1S/C18H17N3O4S/c1-2-26(24,25)15-7-8-17(22)16(11-15)20-18(23)13-3-5-14(6-4-13)21-10-9-19-12-21/h3-12,22H,2H2,1H3,(H,20,23). The molecule has 2 aromatic carbocycles. The lowest BCUT2D eigenvalue weighted by atomic mass is 10.2. The SMILES string of the molecule is CCS(=O)(=O)c1ccc(O)c(NC(=O)c2ccc(-n3ccnc3)cc2)c1. The first-order valence-corrected chi connectivity index (χ1v) is 9.51. The zero-order valence-corrected chi connectivity index (χ0v) is 14.8. The summed E-state index contributed by atoms with van der Waals surface area (Å²) in [5, 5.41) is 12.5. The maximum absolute atomic E-state index is 12.4. The molecule has 0 fully saturated rings. The van der Waals surface area contributed by atoms with Crippen LogP contribution < -0.4 is 5.32 Å². The maximum atomic E-state index is 12.4. The molecule has 0 spiro atoms. The molecule has 2 N–H and O–H groups in total. The number of imidazole rings is 1. The first-order valence-electron chi connectivity index (χ1n) is 7.86. The fraction of sp³-hybridized carbons (Fsp3) is 0.111. The van der Waals surface area contributed by atoms with Crippen molar-refractivity contribution in [2.45, 2.75) is 11.8 Å². The van der Waals surface area contributed by atoms with Gasteiger partial charge in [-0.05, 0) is 42.5 Å². The Kier molecular flexibility index (Phi) is 4.77. The van der Waals surface area contributed by atoms with Crippen molar-refractivity contribution in [1.29, 1.82) is 0 Å². The van der Waals surface area contributed by atoms with E-state index in [0.717, 1.165) is 5.69 Å². The number of rotatable bonds is 5. The molecule has 1 heterocycles. The van der Waals surface area contributed by atoms with Crippen molar-refractivity contribution in [3.63, 3.8) is 0 Å². The van der Waals surface area contributed by atoms with Crippen molar-refractivity contribution in [3.05, 3.63) is 66.7 Å². The average molecular weight is 371 g/mol. The van der Waals surface area contributed by atoms with Gasteiger partial charge >= 0.3 is 0 Å². The van der Waals surface area contributed by atoms with Gasteiger partial charge in [0.15, 0.2) is 9.84 Å². The quantitative estimate of drug-likeness (QED) is 0.672. The molecular formula is C18H17N3O4S. The molecule has 0 bridgehead atoms. The number of carbonyl (C=O) groups is 1. The van der Waals surface area contributed by atoms with Crippen molar-refractivity contribution >= 4 is 21.4 Å². The smallest absolute Gasteiger partial charge is 0.255 e. The van der Waals surface area contributed by atoms with E-state index in [1.807, 2.05) is 0 Å². The van der Waals surface area contributed by atoms with Gasteiger partial charge in [-0.15, -0.1) is 0 Å². The van der Waals surface area contributed by atoms with Gasteiger partial charge in [-0.3, -0.25) is 4.79 Å². The highest BCUT2D eigenvalue weighted by Crippen LogP contribution is 2.27. The highest BCUT2D eigenvalue weighted by atomic mass is 32.2. The number of anilines is 1. The number of hydrogen-bond acceptors (Lipinski definition) is 5. The molecule has 0 unspecified atom stereocenters. The van der Waals surface area contributed by atoms with Crippen LogP contribution in [0.4, 0.5) is 5.69 Å². The number of phenols is 1. The Hall–Kier alpha value is -3.13. The molecule has 3 rings (SSSR count). The Balaban J connectivity index is 1.83. The van der Waals surface area contributed by atoms with E-state index in [2.05, 4.69) is 10.3 Å². The zero-order chi connectivity index (χ0) is 18.7. The fourth-order valence-electron chi connectivity index (χ4n) is 2.37. The summed E-state index contributed by atoms with van der Waals surface area (Å²) in [6.45, 7) is 1.53. The predicted molar refractivity (Wildman–Crippen MR) is 97.4 cm³/mol. The van der Waals surface area contributed by atoms with Crippen LogP contribution in [0, 0.1) is 0 Å². The molecule has 1 amide bonds. The highest BCUT2D eigenvalue weighted by Gasteiger charge is 2.16. The Morgan fingerprint density at radius 2 is 1.92 bits per heavy atom. The Morgan fingerprint density at radius 1 is 1.19 bits per heavy atom. The van der Waals surface area contributed by atoms with Crippen LogP contribution in [0.3, 0.4) is 0 Å². The predicted octanol–water partition coefficient (Wildman–Crippen LogP) is 2.62. The fourth-order valence-corrected chi connectivity index (χ4v) is 3.27. The molecule has 0 aliphatic carbocycles. The van der Waals surface area contributed by atoms with Gasteiger partial charge in [-0.25, -0.2) is 13.4 Å². The molecule has 1 aromatic heterocycles. The van der Waals surface area contributed by atoms with Crippen molar-refractivity contribution < 1.29 is 18.3 Å². The molecular weight excluding hydrogens is 354 g/mol. The number of aromatic nitrogens is 2. The molecule has 0 radical (unpaired) electrons. The first kappa shape index (κ1) is 17.7. The third-order valence-corrected chi connectivity index (χ3v) is 5.62. The van der Waals surface area contributed by atoms with E-state index in [4.69, 9.17) is 0 Å². The number of nitrogens with zero attached hydrogens (tertiary/aromatic N) is 2. The highest BCUT2D eigenvalue weighted by molar-refractivity contribution is 7.91. The summed E-state index contributed by atoms with van der Waals surface area (Å²) >= 11 is 0. The van der Waals surface area contributed by atoms with E-state index in [1.165, 1.54) is 25.1 Å². The lowest BCUT2D eigenvalue weighted by Gasteiger charge is -2.10. The molecule has 0 saturated carbocycles. The molecule has 3 aromatic rings. The number of phenolic OH excluding ortho intramolecular Hbond substituents is 1. The molecule has 8 heteroatoms. The molecule has 134 valence electrons. The van der Waals surface area contributed by atoms with Crippen LogP contribution in [0.5, 0.6) is 5.75 Å². The minimum absolute atomic E-state index is 0.0446. The van der Waals surface area contributed by atoms with E-state index in [9.17, 15) is 18.3 Å². The topological polar surface area (TPSA) is 101 Å². The summed E-state index contributed by atoms with van der Waals surface area (Å²) in [5.74, 6) is -0.729. The van der Waals surface area contributed by atoms with Gasteiger partial charge < -0.3 is 15.0 Å². The number of sulfone groups is 1. The van der Waals surface area contributed by atoms with Crippen molar-refractivity contribution in [3.8, 4) is 11.4 Å². The van der Waals surface area contributed by atoms with Crippen LogP contribution in [0.1, 0.15) is 17.3 Å². The lowest BCUT2D eigenvalue weighted by Crippen LogP contribution is -2.13. The van der Waals surface area contributed by atoms with Gasteiger partial charge in [-0.1, -0.05) is 6.92 Å². The second-order valence-corrected chi connectivity index (χ2v) is 7.83. The van der Waals surface area contributed by atoms with Gasteiger partial charge in [0.1, 0.15) is 5.75 Å². The minimum Gasteiger partial charge on any atom is -0.506 e. The third kappa shape index (κ3) is 3.60. The molecule has 0 aliphatic rings. The van der Waals surface area contributed by atoms with Crippen LogP contribution in [0.15, 0.2) is 66.1 Å². The summed E-state index contributed by atoms with van der Waals surface area (Å²) in [5.41, 5.74) is 1.26. The minimum atomic E-state index is -3.44. The number of benzene rings is 2. The van der Waals surface area contributed by atoms with Crippen molar-refractivity contribution in [2.24, 2.45) is 0 Å². The van der Waals surface area contributed by atoms with Gasteiger partial charge in [0.2, 0.25) is 0 Å². The number of amides is 1. The molecule has 7 nitrogen and oxygen atoms in total. The number of nitrogens with one attached hydrogen (secondary N) is 1. The third-order valence-electron chi connectivity index (χ3n) is 3.89. The Morgan fingerprint density at radius 3 is 2.54 bits per heavy atom. The van der Waals surface area contributed by atoms with Crippen LogP contribution in [-0.4, -0.2) is 34.7 Å². The summed E-state index contributed by atoms with van der Waals surface area (Å²) in [7, 11) is -3.44. The largest absolute Gasteiger partial charge is 0.506 e. The van der Waals surface area contributed by atoms with E-state index in [-0.39, 0.29) is 22.1 Å². The Bertz CT molecular complexity index is 1030. The van der Waals surface area contributed by atoms with E-state index in [1.54, 1.807) is 47.6 Å². The summed E-state index contributed by atoms with van der Waals surface area (Å²) < 4.78 is 25.7. The monoisotopic (exact) mass is 371 g/mol. The molecule has 0 atom stereocenters. The van der Waals surface area contributed by atoms with Crippen molar-refractivity contribution in [1.82, 2.24) is 9.55 Å². The molecule has 0 aliphatic heterocycles. The van der Waals surface area contributed by atoms with Gasteiger partial charge in [0, 0.05) is 23.6 Å². The van der Waals surface area contributed by atoms with Crippen LogP contribution in [-0.2, 0) is 9.84 Å². The van der Waals surface area contributed by atoms with Crippen LogP contribution in [0.2, 0.25) is 0 Å². The second-order valence-electron chi connectivity index (χ2n) is 5.55.